The number of ether oxygens (including phenoxy) is 1. The maximum Gasteiger partial charge on any atom is 0.313 e. The molecule has 0 heterocycles. The minimum absolute atomic E-state index is 0.0355. The maximum absolute atomic E-state index is 11.3. The predicted molar refractivity (Wildman–Crippen MR) is 67.7 cm³/mol. The molecule has 0 aliphatic rings. The van der Waals surface area contributed by atoms with Crippen LogP contribution in [-0.4, -0.2) is 24.1 Å². The third-order valence-electron chi connectivity index (χ3n) is 1.98. The molecule has 0 aromatic carbocycles. The van der Waals surface area contributed by atoms with E-state index >= 15 is 0 Å². The van der Waals surface area contributed by atoms with E-state index in [1.165, 1.54) is 0 Å². The number of Topliss-reactive ketones (excluding diaryl/α,β-unsaturated/α-hetero) is 2. The fourth-order valence-corrected chi connectivity index (χ4v) is 1.11. The zero-order chi connectivity index (χ0) is 13.8. The summed E-state index contributed by atoms with van der Waals surface area (Å²) in [6, 6.07) is 0. The van der Waals surface area contributed by atoms with Gasteiger partial charge < -0.3 is 4.74 Å². The van der Waals surface area contributed by atoms with E-state index in [4.69, 9.17) is 0 Å². The van der Waals surface area contributed by atoms with E-state index in [0.29, 0.717) is 6.42 Å². The number of hydrogen-bond acceptors (Lipinski definition) is 4. The summed E-state index contributed by atoms with van der Waals surface area (Å²) in [6.45, 7) is 5.46. The van der Waals surface area contributed by atoms with Crippen LogP contribution in [0.1, 0.15) is 39.0 Å². The first-order valence-electron chi connectivity index (χ1n) is 5.90. The first kappa shape index (κ1) is 16.1. The van der Waals surface area contributed by atoms with Crippen molar-refractivity contribution in [2.45, 2.75) is 39.0 Å². The van der Waals surface area contributed by atoms with Gasteiger partial charge in [0.2, 0.25) is 5.78 Å². The highest BCUT2D eigenvalue weighted by Gasteiger charge is 2.11. The van der Waals surface area contributed by atoms with E-state index < -0.39 is 5.97 Å². The molecule has 0 atom stereocenters. The fourth-order valence-electron chi connectivity index (χ4n) is 1.11. The quantitative estimate of drug-likeness (QED) is 0.165. The molecule has 0 amide bonds. The molecule has 0 saturated heterocycles. The Balaban J connectivity index is 3.83. The Kier molecular flexibility index (Phi) is 9.20. The monoisotopic (exact) mass is 250 g/mol. The summed E-state index contributed by atoms with van der Waals surface area (Å²) in [5, 5.41) is 0. The molecule has 0 fully saturated rings. The van der Waals surface area contributed by atoms with Crippen LogP contribution in [0.25, 0.3) is 0 Å². The van der Waals surface area contributed by atoms with Crippen LogP contribution >= 0.6 is 0 Å². The molecule has 0 N–H and O–H groups in total. The summed E-state index contributed by atoms with van der Waals surface area (Å²) < 4.78 is 4.63. The number of unbranched alkanes of at least 4 members (excludes halogenated alkanes) is 1. The molecular formula is C14H18O4. The predicted octanol–water partition coefficient (Wildman–Crippen LogP) is 1.83. The van der Waals surface area contributed by atoms with Crippen molar-refractivity contribution in [3.05, 3.63) is 12.7 Å². The minimum atomic E-state index is -0.549. The lowest BCUT2D eigenvalue weighted by Gasteiger charge is -1.99. The number of allylic oxidation sites excluding steroid dienone is 1. The van der Waals surface area contributed by atoms with Gasteiger partial charge >= 0.3 is 5.97 Å². The van der Waals surface area contributed by atoms with Crippen molar-refractivity contribution >= 4 is 17.5 Å². The van der Waals surface area contributed by atoms with E-state index in [1.54, 1.807) is 13.0 Å². The van der Waals surface area contributed by atoms with Crippen LogP contribution < -0.4 is 0 Å². The summed E-state index contributed by atoms with van der Waals surface area (Å²) >= 11 is 0. The lowest BCUT2D eigenvalue weighted by molar-refractivity contribution is -0.145. The Labute approximate surface area is 107 Å². The molecule has 98 valence electrons. The number of esters is 1. The van der Waals surface area contributed by atoms with Crippen LogP contribution in [0.5, 0.6) is 0 Å². The van der Waals surface area contributed by atoms with E-state index in [2.05, 4.69) is 23.2 Å². The van der Waals surface area contributed by atoms with Gasteiger partial charge in [-0.3, -0.25) is 14.4 Å². The maximum atomic E-state index is 11.3. The zero-order valence-corrected chi connectivity index (χ0v) is 10.7. The topological polar surface area (TPSA) is 60.4 Å². The third-order valence-corrected chi connectivity index (χ3v) is 1.98. The van der Waals surface area contributed by atoms with Crippen LogP contribution in [0, 0.1) is 11.8 Å². The third kappa shape index (κ3) is 9.34. The van der Waals surface area contributed by atoms with Crippen LogP contribution in [0.2, 0.25) is 0 Å². The number of carbonyl (C=O) groups excluding carboxylic acids is 3. The van der Waals surface area contributed by atoms with Gasteiger partial charge in [0.1, 0.15) is 12.2 Å². The van der Waals surface area contributed by atoms with Crippen LogP contribution in [-0.2, 0) is 19.1 Å². The summed E-state index contributed by atoms with van der Waals surface area (Å²) in [5.41, 5.74) is 0. The van der Waals surface area contributed by atoms with Crippen LogP contribution in [0.3, 0.4) is 0 Å². The lowest BCUT2D eigenvalue weighted by Crippen LogP contribution is -2.12. The molecule has 0 aliphatic carbocycles. The van der Waals surface area contributed by atoms with Gasteiger partial charge in [-0.05, 0) is 19.3 Å². The molecule has 0 rings (SSSR count). The number of ketones is 2. The smallest absolute Gasteiger partial charge is 0.313 e. The molecule has 0 radical (unpaired) electrons. The van der Waals surface area contributed by atoms with Crippen molar-refractivity contribution in [3.8, 4) is 11.8 Å². The average Bonchev–Trinajstić information content (AvgIpc) is 2.32. The molecule has 0 bridgehead atoms. The molecule has 0 aromatic rings. The van der Waals surface area contributed by atoms with E-state index in [-0.39, 0.29) is 37.4 Å². The molecule has 0 aromatic heterocycles. The average molecular weight is 250 g/mol. The summed E-state index contributed by atoms with van der Waals surface area (Å²) in [6.07, 6.45) is 2.87. The summed E-state index contributed by atoms with van der Waals surface area (Å²) in [7, 11) is 0. The number of carbonyl (C=O) groups is 3. The highest BCUT2D eigenvalue weighted by atomic mass is 16.5. The Bertz CT molecular complexity index is 371. The molecule has 0 spiro atoms. The van der Waals surface area contributed by atoms with Gasteiger partial charge in [-0.15, -0.1) is 6.58 Å². The largest absolute Gasteiger partial charge is 0.466 e. The first-order valence-corrected chi connectivity index (χ1v) is 5.90. The minimum Gasteiger partial charge on any atom is -0.466 e. The Morgan fingerprint density at radius 1 is 1.28 bits per heavy atom. The van der Waals surface area contributed by atoms with Crippen molar-refractivity contribution < 1.29 is 19.1 Å². The molecule has 0 aliphatic heterocycles. The zero-order valence-electron chi connectivity index (χ0n) is 10.7. The Hall–Kier alpha value is -1.89. The lowest BCUT2D eigenvalue weighted by atomic mass is 10.1. The van der Waals surface area contributed by atoms with Crippen molar-refractivity contribution in [3.63, 3.8) is 0 Å². The van der Waals surface area contributed by atoms with Crippen LogP contribution in [0.4, 0.5) is 0 Å². The van der Waals surface area contributed by atoms with Gasteiger partial charge in [0.05, 0.1) is 6.61 Å². The van der Waals surface area contributed by atoms with Gasteiger partial charge in [-0.1, -0.05) is 12.0 Å². The van der Waals surface area contributed by atoms with Gasteiger partial charge in [0.15, 0.2) is 0 Å². The normalized spacial score (nSPS) is 8.94. The highest BCUT2D eigenvalue weighted by Crippen LogP contribution is 1.98. The fraction of sp³-hybridized carbons (Fsp3) is 0.500. The number of hydrogen-bond donors (Lipinski definition) is 0. The van der Waals surface area contributed by atoms with Crippen molar-refractivity contribution in [2.75, 3.05) is 6.61 Å². The highest BCUT2D eigenvalue weighted by molar-refractivity contribution is 6.00. The SMILES string of the molecule is C=CCCC#CC(=O)CCC(=O)CC(=O)OCC. The summed E-state index contributed by atoms with van der Waals surface area (Å²) in [5.74, 6) is 4.02. The van der Waals surface area contributed by atoms with Gasteiger partial charge in [-0.25, -0.2) is 0 Å². The van der Waals surface area contributed by atoms with E-state index in [1.807, 2.05) is 0 Å². The second-order valence-corrected chi connectivity index (χ2v) is 3.57. The second kappa shape index (κ2) is 10.3. The molecule has 0 unspecified atom stereocenters. The summed E-state index contributed by atoms with van der Waals surface area (Å²) in [4.78, 5) is 33.5. The Morgan fingerprint density at radius 2 is 2.00 bits per heavy atom. The Morgan fingerprint density at radius 3 is 2.61 bits per heavy atom. The van der Waals surface area contributed by atoms with Gasteiger partial charge in [0.25, 0.3) is 0 Å². The van der Waals surface area contributed by atoms with E-state index in [9.17, 15) is 14.4 Å². The van der Waals surface area contributed by atoms with Gasteiger partial charge in [0, 0.05) is 19.3 Å². The molecular weight excluding hydrogens is 232 g/mol. The van der Waals surface area contributed by atoms with Gasteiger partial charge in [-0.2, -0.15) is 0 Å². The molecule has 4 heteroatoms. The van der Waals surface area contributed by atoms with Crippen molar-refractivity contribution in [1.29, 1.82) is 0 Å². The molecule has 4 nitrogen and oxygen atoms in total. The first-order chi connectivity index (χ1) is 8.60. The van der Waals surface area contributed by atoms with Crippen molar-refractivity contribution in [1.82, 2.24) is 0 Å². The molecule has 18 heavy (non-hydrogen) atoms. The second-order valence-electron chi connectivity index (χ2n) is 3.57. The van der Waals surface area contributed by atoms with Crippen LogP contribution in [0.15, 0.2) is 12.7 Å². The van der Waals surface area contributed by atoms with E-state index in [0.717, 1.165) is 6.42 Å². The molecule has 0 saturated carbocycles. The standard InChI is InChI=1S/C14H18O4/c1-3-5-6-7-8-12(15)9-10-13(16)11-14(17)18-4-2/h3H,1,4-6,9-11H2,2H3. The van der Waals surface area contributed by atoms with Crippen molar-refractivity contribution in [2.24, 2.45) is 0 Å². The number of rotatable bonds is 8.